The predicted molar refractivity (Wildman–Crippen MR) is 128 cm³/mol. The Bertz CT molecular complexity index is 1000. The number of quaternary nitrogens is 1. The Labute approximate surface area is 218 Å². The van der Waals surface area contributed by atoms with Crippen LogP contribution >= 0.6 is 0 Å². The highest BCUT2D eigenvalue weighted by molar-refractivity contribution is 5.89. The van der Waals surface area contributed by atoms with Crippen LogP contribution in [0.25, 0.3) is 0 Å². The standard InChI is InChI=1S/C25H33NO12/c1-3-15-16(5-4-13-8-14(22(32)33)10-26(9-13)6-7-27)17(23(34)35-2)12-36-24(15)38-25-21(31)20(30)19(29)18(11-28)37-25/h3-5,8-9,12,15-16,18-21,24-25,27-31H,1,6-7,10-11H2,2H3,(H,32,33)/p+1/b5-4+/t15-,16-,18-,19-,20+,21-,24+,25+/m1/s1. The van der Waals surface area contributed by atoms with E-state index in [0.717, 1.165) is 11.2 Å². The number of esters is 1. The van der Waals surface area contributed by atoms with Crippen LogP contribution in [0.5, 0.6) is 0 Å². The number of rotatable bonds is 10. The van der Waals surface area contributed by atoms with Crippen LogP contribution in [-0.4, -0.2) is 113 Å². The second-order valence-electron chi connectivity index (χ2n) is 9.03. The number of aliphatic hydroxyl groups is 5. The van der Waals surface area contributed by atoms with E-state index in [1.807, 2.05) is 0 Å². The van der Waals surface area contributed by atoms with Gasteiger partial charge in [-0.1, -0.05) is 18.2 Å². The third kappa shape index (κ3) is 6.57. The molecule has 1 saturated heterocycles. The summed E-state index contributed by atoms with van der Waals surface area (Å²) in [5, 5.41) is 58.7. The molecule has 3 aliphatic rings. The molecule has 0 aliphatic carbocycles. The smallest absolute Gasteiger partial charge is 0.337 e. The molecule has 1 fully saturated rings. The van der Waals surface area contributed by atoms with Gasteiger partial charge in [0.2, 0.25) is 6.29 Å². The van der Waals surface area contributed by atoms with E-state index in [0.29, 0.717) is 12.1 Å². The minimum atomic E-state index is -1.67. The fraction of sp³-hybridized carbons (Fsp3) is 0.520. The maximum atomic E-state index is 12.5. The summed E-state index contributed by atoms with van der Waals surface area (Å²) >= 11 is 0. The van der Waals surface area contributed by atoms with Crippen molar-refractivity contribution in [2.24, 2.45) is 11.8 Å². The van der Waals surface area contributed by atoms with E-state index in [1.165, 1.54) is 19.3 Å². The fourth-order valence-electron chi connectivity index (χ4n) is 4.49. The number of hydrogen-bond acceptors (Lipinski definition) is 11. The molecule has 0 bridgehead atoms. The molecular weight excluding hydrogens is 506 g/mol. The first-order valence-electron chi connectivity index (χ1n) is 12.0. The number of allylic oxidation sites excluding steroid dienone is 4. The summed E-state index contributed by atoms with van der Waals surface area (Å²) in [5.74, 6) is -3.28. The van der Waals surface area contributed by atoms with Gasteiger partial charge >= 0.3 is 11.9 Å². The van der Waals surface area contributed by atoms with Crippen molar-refractivity contribution in [2.45, 2.75) is 37.0 Å². The normalized spacial score (nSPS) is 35.5. The lowest BCUT2D eigenvalue weighted by Crippen LogP contribution is -3.09. The van der Waals surface area contributed by atoms with Crippen LogP contribution in [0, 0.1) is 11.8 Å². The average molecular weight is 541 g/mol. The molecule has 210 valence electrons. The van der Waals surface area contributed by atoms with Gasteiger partial charge in [0.1, 0.15) is 43.7 Å². The van der Waals surface area contributed by atoms with E-state index in [4.69, 9.17) is 18.9 Å². The van der Waals surface area contributed by atoms with Crippen molar-refractivity contribution < 1.29 is 64.1 Å². The molecule has 7 N–H and O–H groups in total. The van der Waals surface area contributed by atoms with Gasteiger partial charge in [-0.15, -0.1) is 6.58 Å². The maximum absolute atomic E-state index is 12.5. The summed E-state index contributed by atoms with van der Waals surface area (Å²) in [4.78, 5) is 24.8. The van der Waals surface area contributed by atoms with Crippen LogP contribution in [0.1, 0.15) is 0 Å². The van der Waals surface area contributed by atoms with Crippen molar-refractivity contribution >= 4 is 11.9 Å². The molecule has 3 rings (SSSR count). The monoisotopic (exact) mass is 540 g/mol. The summed E-state index contributed by atoms with van der Waals surface area (Å²) in [5.41, 5.74) is 0.790. The molecule has 13 nitrogen and oxygen atoms in total. The molecule has 0 radical (unpaired) electrons. The molecular formula is C25H34NO12+. The molecule has 0 aromatic rings. The van der Waals surface area contributed by atoms with Gasteiger partial charge in [-0.05, 0) is 6.08 Å². The van der Waals surface area contributed by atoms with Crippen molar-refractivity contribution in [3.63, 3.8) is 0 Å². The highest BCUT2D eigenvalue weighted by Gasteiger charge is 2.47. The Balaban J connectivity index is 1.90. The van der Waals surface area contributed by atoms with Gasteiger partial charge in [-0.25, -0.2) is 9.59 Å². The SMILES string of the molecule is C=C[C@H]1[C@H](O[C@@H]2O[C@H](CO)[C@@H](O)[C@H](O)[C@H]2O)OC=C(C(=O)OC)[C@@H]1/C=C/C1=C[NH+](CCO)CC(C(=O)O)=C1. The lowest BCUT2D eigenvalue weighted by Gasteiger charge is -2.42. The van der Waals surface area contributed by atoms with Crippen molar-refractivity contribution in [1.29, 1.82) is 0 Å². The predicted octanol–water partition coefficient (Wildman–Crippen LogP) is -3.02. The Kier molecular flexibility index (Phi) is 10.4. The number of aliphatic hydroxyl groups excluding tert-OH is 5. The maximum Gasteiger partial charge on any atom is 0.337 e. The first-order chi connectivity index (χ1) is 18.1. The molecule has 3 heterocycles. The van der Waals surface area contributed by atoms with Gasteiger partial charge in [0.15, 0.2) is 6.29 Å². The highest BCUT2D eigenvalue weighted by Crippen LogP contribution is 2.36. The van der Waals surface area contributed by atoms with Crippen LogP contribution in [0.2, 0.25) is 0 Å². The van der Waals surface area contributed by atoms with Crippen molar-refractivity contribution in [2.75, 3.05) is 33.4 Å². The number of aliphatic carboxylic acids is 1. The Morgan fingerprint density at radius 1 is 1.18 bits per heavy atom. The summed E-state index contributed by atoms with van der Waals surface area (Å²) < 4.78 is 21.6. The molecule has 1 unspecified atom stereocenters. The minimum Gasteiger partial charge on any atom is -0.478 e. The molecule has 13 heteroatoms. The van der Waals surface area contributed by atoms with Crippen LogP contribution < -0.4 is 4.90 Å². The van der Waals surface area contributed by atoms with E-state index >= 15 is 0 Å². The van der Waals surface area contributed by atoms with Gasteiger partial charge in [0.05, 0.1) is 43.6 Å². The van der Waals surface area contributed by atoms with Crippen LogP contribution in [-0.2, 0) is 28.5 Å². The fourth-order valence-corrected chi connectivity index (χ4v) is 4.49. The van der Waals surface area contributed by atoms with Crippen molar-refractivity contribution in [3.8, 4) is 0 Å². The highest BCUT2D eigenvalue weighted by atomic mass is 16.8. The van der Waals surface area contributed by atoms with Crippen LogP contribution in [0.4, 0.5) is 0 Å². The van der Waals surface area contributed by atoms with Crippen molar-refractivity contribution in [1.82, 2.24) is 0 Å². The number of hydrogen-bond donors (Lipinski definition) is 7. The number of ether oxygens (including phenoxy) is 4. The Morgan fingerprint density at radius 3 is 2.53 bits per heavy atom. The topological polar surface area (TPSA) is 197 Å². The first-order valence-corrected chi connectivity index (χ1v) is 12.0. The molecule has 0 spiro atoms. The molecule has 0 amide bonds. The summed E-state index contributed by atoms with van der Waals surface area (Å²) in [6.45, 7) is 3.52. The number of methoxy groups -OCH3 is 1. The third-order valence-electron chi connectivity index (χ3n) is 6.56. The zero-order valence-corrected chi connectivity index (χ0v) is 20.8. The van der Waals surface area contributed by atoms with E-state index in [9.17, 15) is 40.2 Å². The minimum absolute atomic E-state index is 0.112. The molecule has 3 aliphatic heterocycles. The first kappa shape index (κ1) is 29.7. The number of carboxylic acid groups (broad SMARTS) is 1. The van der Waals surface area contributed by atoms with Gasteiger partial charge < -0.3 is 54.5 Å². The van der Waals surface area contributed by atoms with Gasteiger partial charge in [0, 0.05) is 11.5 Å². The zero-order chi connectivity index (χ0) is 28.0. The largest absolute Gasteiger partial charge is 0.478 e. The number of carbonyl (C=O) groups excluding carboxylic acids is 1. The van der Waals surface area contributed by atoms with Crippen LogP contribution in [0.15, 0.2) is 60.1 Å². The zero-order valence-electron chi connectivity index (χ0n) is 20.8. The lowest BCUT2D eigenvalue weighted by atomic mass is 9.83. The van der Waals surface area contributed by atoms with Gasteiger partial charge in [-0.3, -0.25) is 0 Å². The van der Waals surface area contributed by atoms with E-state index in [1.54, 1.807) is 18.4 Å². The summed E-state index contributed by atoms with van der Waals surface area (Å²) in [7, 11) is 1.20. The van der Waals surface area contributed by atoms with Gasteiger partial charge in [-0.2, -0.15) is 0 Å². The van der Waals surface area contributed by atoms with Crippen LogP contribution in [0.3, 0.4) is 0 Å². The molecule has 0 saturated carbocycles. The number of nitrogens with one attached hydrogen (secondary N) is 1. The Hall–Kier alpha value is -2.88. The summed E-state index contributed by atoms with van der Waals surface area (Å²) in [6.07, 6.45) is 0.309. The lowest BCUT2D eigenvalue weighted by molar-refractivity contribution is -0.842. The second kappa shape index (κ2) is 13.3. The third-order valence-corrected chi connectivity index (χ3v) is 6.56. The molecule has 0 aromatic carbocycles. The quantitative estimate of drug-likeness (QED) is 0.110. The molecule has 9 atom stereocenters. The number of carbonyl (C=O) groups is 2. The second-order valence-corrected chi connectivity index (χ2v) is 9.03. The van der Waals surface area contributed by atoms with Crippen molar-refractivity contribution in [3.05, 3.63) is 60.1 Å². The number of carboxylic acids is 1. The van der Waals surface area contributed by atoms with E-state index < -0.39 is 67.4 Å². The summed E-state index contributed by atoms with van der Waals surface area (Å²) in [6, 6.07) is 0. The molecule has 0 aromatic heterocycles. The Morgan fingerprint density at radius 2 is 1.92 bits per heavy atom. The van der Waals surface area contributed by atoms with E-state index in [2.05, 4.69) is 6.58 Å². The average Bonchev–Trinajstić information content (AvgIpc) is 2.91. The molecule has 38 heavy (non-hydrogen) atoms. The van der Waals surface area contributed by atoms with Gasteiger partial charge in [0.25, 0.3) is 0 Å². The van der Waals surface area contributed by atoms with E-state index in [-0.39, 0.29) is 24.3 Å².